The van der Waals surface area contributed by atoms with Gasteiger partial charge in [0.05, 0.1) is 19.6 Å². The predicted molar refractivity (Wildman–Crippen MR) is 55.5 cm³/mol. The van der Waals surface area contributed by atoms with Gasteiger partial charge in [0.1, 0.15) is 0 Å². The van der Waals surface area contributed by atoms with Gasteiger partial charge in [0.25, 0.3) is 0 Å². The third kappa shape index (κ3) is 49.7. The summed E-state index contributed by atoms with van der Waals surface area (Å²) in [5, 5.41) is 2.37. The van der Waals surface area contributed by atoms with Gasteiger partial charge in [-0.05, 0) is 32.6 Å². The fourth-order valence-electron chi connectivity index (χ4n) is 1.02. The van der Waals surface area contributed by atoms with Crippen molar-refractivity contribution in [3.8, 4) is 0 Å². The Hall–Kier alpha value is -0.440. The van der Waals surface area contributed by atoms with E-state index in [2.05, 4.69) is 18.0 Å². The zero-order chi connectivity index (χ0) is 7.66. The fourth-order valence-corrected chi connectivity index (χ4v) is 1.02. The van der Waals surface area contributed by atoms with E-state index in [1.54, 1.807) is 0 Å². The zero-order valence-corrected chi connectivity index (χ0v) is 10.7. The Kier molecular flexibility index (Phi) is 132. The standard InChI is InChI=1S/C8H20N2.4FH.2H3N/c1-2-10-8-6-4-3-5-7-9;;;;;;/h10H,2-9H2,1H3;4*1H;2*1H3. The first-order valence-corrected chi connectivity index (χ1v) is 4.52. The molecule has 0 aromatic carbocycles. The summed E-state index contributed by atoms with van der Waals surface area (Å²) in [5.74, 6) is 0. The molecule has 0 unspecified atom stereocenters. The molecular formula is C8H30F4N4. The molecule has 0 bridgehead atoms. The van der Waals surface area contributed by atoms with Gasteiger partial charge in [-0.3, -0.25) is 0 Å². The lowest BCUT2D eigenvalue weighted by molar-refractivity contribution is -0.652. The first kappa shape index (κ1) is 45.0. The number of quaternary nitrogens is 4. The molecule has 0 saturated carbocycles. The van der Waals surface area contributed by atoms with Crippen LogP contribution in [0.15, 0.2) is 0 Å². The Morgan fingerprint density at radius 2 is 1.25 bits per heavy atom. The molecule has 0 heterocycles. The molecule has 0 aliphatic heterocycles. The van der Waals surface area contributed by atoms with Crippen LogP contribution in [0.25, 0.3) is 0 Å². The van der Waals surface area contributed by atoms with Crippen molar-refractivity contribution in [2.24, 2.45) is 0 Å². The Morgan fingerprint density at radius 1 is 0.812 bits per heavy atom. The van der Waals surface area contributed by atoms with Crippen molar-refractivity contribution in [1.29, 1.82) is 0 Å². The van der Waals surface area contributed by atoms with Crippen molar-refractivity contribution in [2.75, 3.05) is 19.6 Å². The monoisotopic (exact) mass is 258 g/mol. The Morgan fingerprint density at radius 3 is 1.62 bits per heavy atom. The Balaban J connectivity index is -0.0000000270. The molecule has 0 saturated heterocycles. The molecule has 110 valence electrons. The highest BCUT2D eigenvalue weighted by Crippen LogP contribution is 1.94. The molecule has 0 radical (unpaired) electrons. The van der Waals surface area contributed by atoms with E-state index in [9.17, 15) is 0 Å². The van der Waals surface area contributed by atoms with Gasteiger partial charge in [-0.25, -0.2) is 0 Å². The number of hydrogen-bond donors (Lipinski definition) is 4. The summed E-state index contributed by atoms with van der Waals surface area (Å²) in [6.45, 7) is 5.86. The molecule has 0 fully saturated rings. The highest BCUT2D eigenvalue weighted by molar-refractivity contribution is 4.38. The topological polar surface area (TPSA) is 117 Å². The van der Waals surface area contributed by atoms with Crippen molar-refractivity contribution < 1.29 is 29.9 Å². The third-order valence-corrected chi connectivity index (χ3v) is 1.70. The second-order valence-corrected chi connectivity index (χ2v) is 2.75. The lowest BCUT2D eigenvalue weighted by Gasteiger charge is -1.97. The molecule has 0 spiro atoms. The van der Waals surface area contributed by atoms with Gasteiger partial charge in [-0.15, -0.1) is 0 Å². The first-order chi connectivity index (χ1) is 4.91. The van der Waals surface area contributed by atoms with Gasteiger partial charge >= 0.3 is 0 Å². The summed E-state index contributed by atoms with van der Waals surface area (Å²) in [5.41, 5.74) is 3.81. The van der Waals surface area contributed by atoms with Crippen LogP contribution < -0.4 is 42.2 Å². The van der Waals surface area contributed by atoms with Crippen LogP contribution in [0.1, 0.15) is 32.6 Å². The maximum absolute atomic E-state index is 3.81. The van der Waals surface area contributed by atoms with Gasteiger partial charge in [-0.1, -0.05) is 0 Å². The van der Waals surface area contributed by atoms with Crippen LogP contribution in [0, 0.1) is 0 Å². The summed E-state index contributed by atoms with van der Waals surface area (Å²) in [6.07, 6.45) is 5.47. The van der Waals surface area contributed by atoms with Crippen LogP contribution in [0.5, 0.6) is 0 Å². The van der Waals surface area contributed by atoms with Crippen LogP contribution in [-0.2, 0) is 0 Å². The minimum Gasteiger partial charge on any atom is -1.00 e. The Labute approximate surface area is 95.4 Å². The SMILES string of the molecule is CC[NH2+]CCCCCC[NH3+].[F-].[F-].[F-].[F-].[NH4+].[NH4+]. The molecule has 0 amide bonds. The fraction of sp³-hybridized carbons (Fsp3) is 1.00. The summed E-state index contributed by atoms with van der Waals surface area (Å²) >= 11 is 0. The largest absolute Gasteiger partial charge is 1.00 e. The van der Waals surface area contributed by atoms with Gasteiger partial charge in [-0.2, -0.15) is 0 Å². The van der Waals surface area contributed by atoms with E-state index in [0.717, 1.165) is 6.54 Å². The van der Waals surface area contributed by atoms with E-state index < -0.39 is 0 Å². The quantitative estimate of drug-likeness (QED) is 0.256. The maximum Gasteiger partial charge on any atom is 0.0755 e. The molecule has 13 N–H and O–H groups in total. The van der Waals surface area contributed by atoms with Gasteiger partial charge in [0, 0.05) is 0 Å². The minimum absolute atomic E-state index is 0. The first-order valence-electron chi connectivity index (χ1n) is 4.52. The molecule has 0 rings (SSSR count). The van der Waals surface area contributed by atoms with Crippen molar-refractivity contribution in [1.82, 2.24) is 12.3 Å². The average molecular weight is 258 g/mol. The van der Waals surface area contributed by atoms with Crippen molar-refractivity contribution in [3.05, 3.63) is 0 Å². The highest BCUT2D eigenvalue weighted by Gasteiger charge is 1.89. The molecule has 0 aromatic heterocycles. The van der Waals surface area contributed by atoms with Crippen molar-refractivity contribution in [3.63, 3.8) is 0 Å². The second kappa shape index (κ2) is 46.8. The van der Waals surface area contributed by atoms with E-state index in [1.165, 1.54) is 38.8 Å². The number of rotatable bonds is 7. The van der Waals surface area contributed by atoms with E-state index in [-0.39, 0.29) is 31.1 Å². The van der Waals surface area contributed by atoms with Gasteiger partial charge in [0.2, 0.25) is 0 Å². The van der Waals surface area contributed by atoms with Gasteiger partial charge < -0.3 is 42.2 Å². The van der Waals surface area contributed by atoms with Crippen LogP contribution in [0.2, 0.25) is 0 Å². The van der Waals surface area contributed by atoms with E-state index in [0.29, 0.717) is 0 Å². The van der Waals surface area contributed by atoms with Crippen molar-refractivity contribution >= 4 is 0 Å². The summed E-state index contributed by atoms with van der Waals surface area (Å²) in [6, 6.07) is 0. The van der Waals surface area contributed by atoms with Crippen LogP contribution in [-0.4, -0.2) is 19.6 Å². The zero-order valence-electron chi connectivity index (χ0n) is 10.7. The average Bonchev–Trinajstić information content (AvgIpc) is 1.97. The summed E-state index contributed by atoms with van der Waals surface area (Å²) < 4.78 is 0. The molecule has 16 heavy (non-hydrogen) atoms. The third-order valence-electron chi connectivity index (χ3n) is 1.70. The van der Waals surface area contributed by atoms with E-state index >= 15 is 0 Å². The van der Waals surface area contributed by atoms with Crippen LogP contribution >= 0.6 is 0 Å². The minimum atomic E-state index is 0. The maximum atomic E-state index is 3.81. The molecular weight excluding hydrogens is 228 g/mol. The molecule has 8 heteroatoms. The smallest absolute Gasteiger partial charge is 0.0755 e. The van der Waals surface area contributed by atoms with E-state index in [4.69, 9.17) is 0 Å². The lowest BCUT2D eigenvalue weighted by atomic mass is 10.2. The highest BCUT2D eigenvalue weighted by atomic mass is 19.0. The predicted octanol–water partition coefficient (Wildman–Crippen LogP) is -11.9. The number of nitrogens with two attached hydrogens (primary N) is 1. The molecule has 0 aliphatic rings. The molecule has 0 atom stereocenters. The molecule has 4 nitrogen and oxygen atoms in total. The van der Waals surface area contributed by atoms with Gasteiger partial charge in [0.15, 0.2) is 0 Å². The number of halogens is 4. The van der Waals surface area contributed by atoms with Crippen LogP contribution in [0.4, 0.5) is 0 Å². The van der Waals surface area contributed by atoms with Crippen LogP contribution in [0.3, 0.4) is 0 Å². The normalized spacial score (nSPS) is 6.38. The number of unbranched alkanes of at least 4 members (excludes halogenated alkanes) is 3. The van der Waals surface area contributed by atoms with Crippen molar-refractivity contribution in [2.45, 2.75) is 32.6 Å². The number of hydrogen-bond acceptors (Lipinski definition) is 0. The Bertz CT molecular complexity index is 64.0. The summed E-state index contributed by atoms with van der Waals surface area (Å²) in [7, 11) is 0. The lowest BCUT2D eigenvalue weighted by Crippen LogP contribution is -3.00. The second-order valence-electron chi connectivity index (χ2n) is 2.75. The molecule has 0 aromatic rings. The molecule has 0 aliphatic carbocycles. The summed E-state index contributed by atoms with van der Waals surface area (Å²) in [4.78, 5) is 0. The van der Waals surface area contributed by atoms with E-state index in [1.807, 2.05) is 0 Å².